The first kappa shape index (κ1) is 19.8. The fraction of sp³-hybridized carbons (Fsp3) is 0.364. The number of aryl methyl sites for hydroxylation is 2. The van der Waals surface area contributed by atoms with Gasteiger partial charge < -0.3 is 13.8 Å². The molecule has 152 valence electrons. The minimum absolute atomic E-state index is 0.0179. The number of carbonyl (C=O) groups excluding carboxylic acids is 1. The Bertz CT molecular complexity index is 939. The van der Waals surface area contributed by atoms with E-state index >= 15 is 0 Å². The molecule has 0 N–H and O–H groups in total. The molecule has 3 aromatic rings. The molecular weight excluding hydrogens is 386 g/mol. The molecule has 1 aliphatic heterocycles. The molecule has 2 aromatic heterocycles. The van der Waals surface area contributed by atoms with Crippen LogP contribution in [0.5, 0.6) is 0 Å². The van der Waals surface area contributed by atoms with Crippen molar-refractivity contribution in [3.8, 4) is 0 Å². The van der Waals surface area contributed by atoms with E-state index in [-0.39, 0.29) is 5.91 Å². The van der Waals surface area contributed by atoms with Crippen molar-refractivity contribution in [1.82, 2.24) is 15.0 Å². The quantitative estimate of drug-likeness (QED) is 0.568. The number of rotatable bonds is 6. The number of carbonyl (C=O) groups is 1. The highest BCUT2D eigenvalue weighted by molar-refractivity contribution is 7.98. The highest BCUT2D eigenvalue weighted by Gasteiger charge is 2.26. The third-order valence-corrected chi connectivity index (χ3v) is 6.36. The molecule has 1 aliphatic rings. The van der Waals surface area contributed by atoms with Crippen molar-refractivity contribution in [1.29, 1.82) is 0 Å². The van der Waals surface area contributed by atoms with Gasteiger partial charge in [0.15, 0.2) is 5.76 Å². The maximum atomic E-state index is 13.0. The number of thioether (sulfide) groups is 1. The molecule has 1 saturated heterocycles. The van der Waals surface area contributed by atoms with Crippen LogP contribution < -0.4 is 0 Å². The molecule has 6 nitrogen and oxygen atoms in total. The van der Waals surface area contributed by atoms with Gasteiger partial charge in [-0.25, -0.2) is 0 Å². The Hall–Kier alpha value is -2.51. The number of aromatic nitrogens is 1. The topological polar surface area (TPSA) is 62.7 Å². The molecule has 0 saturated carbocycles. The third-order valence-electron chi connectivity index (χ3n) is 5.30. The van der Waals surface area contributed by atoms with Crippen molar-refractivity contribution in [3.05, 3.63) is 71.0 Å². The first-order chi connectivity index (χ1) is 14.1. The standard InChI is InChI=1S/C22H25N3O3S/c1-16-20(17(2)28-23-16)14-24-9-11-25(12-10-24)22(26)21-18(8-13-27-21)15-29-19-6-4-3-5-7-19/h3-8,13H,9-12,14-15H2,1-2H3. The summed E-state index contributed by atoms with van der Waals surface area (Å²) in [4.78, 5) is 18.4. The number of benzene rings is 1. The smallest absolute Gasteiger partial charge is 0.289 e. The fourth-order valence-electron chi connectivity index (χ4n) is 3.52. The van der Waals surface area contributed by atoms with Gasteiger partial charge in [0.25, 0.3) is 5.91 Å². The molecule has 4 rings (SSSR count). The van der Waals surface area contributed by atoms with E-state index in [9.17, 15) is 4.79 Å². The van der Waals surface area contributed by atoms with Gasteiger partial charge >= 0.3 is 0 Å². The zero-order valence-corrected chi connectivity index (χ0v) is 17.6. The Balaban J connectivity index is 1.34. The van der Waals surface area contributed by atoms with Gasteiger partial charge in [0, 0.05) is 54.5 Å². The van der Waals surface area contributed by atoms with Crippen LogP contribution in [-0.2, 0) is 12.3 Å². The Morgan fingerprint density at radius 1 is 1.10 bits per heavy atom. The summed E-state index contributed by atoms with van der Waals surface area (Å²) in [6.07, 6.45) is 1.61. The van der Waals surface area contributed by atoms with Crippen molar-refractivity contribution in [3.63, 3.8) is 0 Å². The Labute approximate surface area is 174 Å². The van der Waals surface area contributed by atoms with Crippen molar-refractivity contribution in [2.45, 2.75) is 31.0 Å². The SMILES string of the molecule is Cc1noc(C)c1CN1CCN(C(=O)c2occc2CSc2ccccc2)CC1. The molecule has 7 heteroatoms. The number of furan rings is 1. The van der Waals surface area contributed by atoms with Crippen molar-refractivity contribution >= 4 is 17.7 Å². The molecular formula is C22H25N3O3S. The van der Waals surface area contributed by atoms with Crippen LogP contribution >= 0.6 is 11.8 Å². The largest absolute Gasteiger partial charge is 0.459 e. The first-order valence-corrected chi connectivity index (χ1v) is 10.8. The fourth-order valence-corrected chi connectivity index (χ4v) is 4.42. The van der Waals surface area contributed by atoms with E-state index in [1.54, 1.807) is 18.0 Å². The summed E-state index contributed by atoms with van der Waals surface area (Å²) in [5.74, 6) is 2.04. The van der Waals surface area contributed by atoms with Crippen LogP contribution in [0.15, 0.2) is 56.5 Å². The Kier molecular flexibility index (Phi) is 6.06. The van der Waals surface area contributed by atoms with Crippen LogP contribution in [0.2, 0.25) is 0 Å². The minimum Gasteiger partial charge on any atom is -0.459 e. The number of hydrogen-bond donors (Lipinski definition) is 0. The number of hydrogen-bond acceptors (Lipinski definition) is 6. The average molecular weight is 412 g/mol. The lowest BCUT2D eigenvalue weighted by Gasteiger charge is -2.34. The van der Waals surface area contributed by atoms with E-state index in [1.807, 2.05) is 43.0 Å². The number of piperazine rings is 1. The van der Waals surface area contributed by atoms with Crippen LogP contribution in [0.3, 0.4) is 0 Å². The van der Waals surface area contributed by atoms with Gasteiger partial charge in [0.05, 0.1) is 12.0 Å². The summed E-state index contributed by atoms with van der Waals surface area (Å²) in [6.45, 7) is 7.75. The van der Waals surface area contributed by atoms with Crippen LogP contribution in [0.25, 0.3) is 0 Å². The molecule has 0 spiro atoms. The average Bonchev–Trinajstić information content (AvgIpc) is 3.35. The second-order valence-corrected chi connectivity index (χ2v) is 8.30. The van der Waals surface area contributed by atoms with Gasteiger partial charge in [0.1, 0.15) is 5.76 Å². The molecule has 0 bridgehead atoms. The molecule has 29 heavy (non-hydrogen) atoms. The lowest BCUT2D eigenvalue weighted by atomic mass is 10.1. The van der Waals surface area contributed by atoms with E-state index in [1.165, 1.54) is 4.90 Å². The van der Waals surface area contributed by atoms with Crippen LogP contribution in [0.1, 0.15) is 33.1 Å². The molecule has 0 aliphatic carbocycles. The maximum Gasteiger partial charge on any atom is 0.289 e. The number of nitrogens with zero attached hydrogens (tertiary/aromatic N) is 3. The number of amides is 1. The predicted molar refractivity (Wildman–Crippen MR) is 112 cm³/mol. The Morgan fingerprint density at radius 3 is 2.55 bits per heavy atom. The van der Waals surface area contributed by atoms with Crippen LogP contribution in [0, 0.1) is 13.8 Å². The summed E-state index contributed by atoms with van der Waals surface area (Å²) < 4.78 is 10.8. The zero-order chi connectivity index (χ0) is 20.2. The normalized spacial score (nSPS) is 15.0. The lowest BCUT2D eigenvalue weighted by Crippen LogP contribution is -2.48. The summed E-state index contributed by atoms with van der Waals surface area (Å²) in [5.41, 5.74) is 3.04. The van der Waals surface area contributed by atoms with Crippen molar-refractivity contribution in [2.24, 2.45) is 0 Å². The van der Waals surface area contributed by atoms with Crippen LogP contribution in [-0.4, -0.2) is 47.0 Å². The highest BCUT2D eigenvalue weighted by atomic mass is 32.2. The minimum atomic E-state index is -0.0179. The van der Waals surface area contributed by atoms with E-state index in [0.29, 0.717) is 24.6 Å². The van der Waals surface area contributed by atoms with Crippen molar-refractivity contribution < 1.29 is 13.7 Å². The van der Waals surface area contributed by atoms with E-state index in [2.05, 4.69) is 22.2 Å². The second kappa shape index (κ2) is 8.88. The van der Waals surface area contributed by atoms with Gasteiger partial charge in [-0.3, -0.25) is 9.69 Å². The molecule has 1 aromatic carbocycles. The summed E-state index contributed by atoms with van der Waals surface area (Å²) >= 11 is 1.71. The highest BCUT2D eigenvalue weighted by Crippen LogP contribution is 2.26. The zero-order valence-electron chi connectivity index (χ0n) is 16.8. The predicted octanol–water partition coefficient (Wildman–Crippen LogP) is 4.13. The third kappa shape index (κ3) is 4.57. The van der Waals surface area contributed by atoms with Gasteiger partial charge in [-0.15, -0.1) is 11.8 Å². The first-order valence-electron chi connectivity index (χ1n) is 9.79. The van der Waals surface area contributed by atoms with Crippen molar-refractivity contribution in [2.75, 3.05) is 26.2 Å². The second-order valence-electron chi connectivity index (χ2n) is 7.25. The summed E-state index contributed by atoms with van der Waals surface area (Å²) in [5, 5.41) is 4.03. The lowest BCUT2D eigenvalue weighted by molar-refractivity contribution is 0.0596. The van der Waals surface area contributed by atoms with Gasteiger partial charge in [-0.1, -0.05) is 23.4 Å². The van der Waals surface area contributed by atoms with E-state index in [4.69, 9.17) is 8.94 Å². The molecule has 3 heterocycles. The summed E-state index contributed by atoms with van der Waals surface area (Å²) in [6, 6.07) is 12.1. The molecule has 0 atom stereocenters. The van der Waals surface area contributed by atoms with Gasteiger partial charge in [-0.05, 0) is 32.0 Å². The molecule has 1 fully saturated rings. The van der Waals surface area contributed by atoms with Gasteiger partial charge in [-0.2, -0.15) is 0 Å². The monoisotopic (exact) mass is 411 g/mol. The van der Waals surface area contributed by atoms with E-state index < -0.39 is 0 Å². The van der Waals surface area contributed by atoms with Crippen LogP contribution in [0.4, 0.5) is 0 Å². The van der Waals surface area contributed by atoms with E-state index in [0.717, 1.165) is 42.2 Å². The van der Waals surface area contributed by atoms with Gasteiger partial charge in [0.2, 0.25) is 0 Å². The maximum absolute atomic E-state index is 13.0. The molecule has 1 amide bonds. The molecule has 0 unspecified atom stereocenters. The molecule has 0 radical (unpaired) electrons. The Morgan fingerprint density at radius 2 is 1.86 bits per heavy atom. The summed E-state index contributed by atoms with van der Waals surface area (Å²) in [7, 11) is 0.